The molecule has 0 saturated carbocycles. The lowest BCUT2D eigenvalue weighted by Crippen LogP contribution is -2.30. The molecule has 0 amide bonds. The second-order valence-electron chi connectivity index (χ2n) is 5.40. The molecule has 5 heteroatoms. The van der Waals surface area contributed by atoms with Crippen molar-refractivity contribution in [3.63, 3.8) is 0 Å². The van der Waals surface area contributed by atoms with E-state index in [4.69, 9.17) is 9.47 Å². The van der Waals surface area contributed by atoms with Crippen molar-refractivity contribution in [2.45, 2.75) is 32.3 Å². The monoisotopic (exact) mass is 307 g/mol. The highest BCUT2D eigenvalue weighted by molar-refractivity contribution is 7.09. The zero-order valence-corrected chi connectivity index (χ0v) is 13.7. The van der Waals surface area contributed by atoms with Crippen molar-refractivity contribution in [3.8, 4) is 11.5 Å². The van der Waals surface area contributed by atoms with Gasteiger partial charge in [-0.05, 0) is 31.5 Å². The minimum atomic E-state index is -0.847. The van der Waals surface area contributed by atoms with E-state index in [0.717, 1.165) is 16.3 Å². The molecule has 0 radical (unpaired) electrons. The number of hydrogen-bond donors (Lipinski definition) is 1. The van der Waals surface area contributed by atoms with E-state index in [9.17, 15) is 5.11 Å². The average molecular weight is 307 g/mol. The van der Waals surface area contributed by atoms with Crippen LogP contribution in [0.2, 0.25) is 0 Å². The van der Waals surface area contributed by atoms with Crippen molar-refractivity contribution in [1.29, 1.82) is 0 Å². The van der Waals surface area contributed by atoms with Crippen molar-refractivity contribution in [2.75, 3.05) is 14.2 Å². The van der Waals surface area contributed by atoms with Crippen LogP contribution in [-0.4, -0.2) is 29.9 Å². The summed E-state index contributed by atoms with van der Waals surface area (Å²) in [5.74, 6) is 1.37. The zero-order chi connectivity index (χ0) is 15.5. The van der Waals surface area contributed by atoms with Gasteiger partial charge in [0.1, 0.15) is 0 Å². The van der Waals surface area contributed by atoms with Crippen molar-refractivity contribution in [2.24, 2.45) is 0 Å². The zero-order valence-electron chi connectivity index (χ0n) is 12.8. The van der Waals surface area contributed by atoms with Crippen LogP contribution in [0, 0.1) is 6.92 Å². The third-order valence-electron chi connectivity index (χ3n) is 3.26. The Morgan fingerprint density at radius 1 is 1.19 bits per heavy atom. The third kappa shape index (κ3) is 4.19. The molecular formula is C16H21NO3S. The Labute approximate surface area is 129 Å². The second kappa shape index (κ2) is 6.45. The SMILES string of the molecule is COc1ccc(CC(C)(O)Cc2csc(C)n2)cc1OC. The Morgan fingerprint density at radius 3 is 2.48 bits per heavy atom. The summed E-state index contributed by atoms with van der Waals surface area (Å²) in [5, 5.41) is 13.6. The van der Waals surface area contributed by atoms with Gasteiger partial charge in [0.2, 0.25) is 0 Å². The molecule has 0 saturated heterocycles. The fraction of sp³-hybridized carbons (Fsp3) is 0.438. The standard InChI is InChI=1S/C16H21NO3S/c1-11-17-13(10-21-11)9-16(2,18)8-12-5-6-14(19-3)15(7-12)20-4/h5-7,10,18H,8-9H2,1-4H3. The van der Waals surface area contributed by atoms with Crippen LogP contribution < -0.4 is 9.47 Å². The largest absolute Gasteiger partial charge is 0.493 e. The van der Waals surface area contributed by atoms with Crippen molar-refractivity contribution in [3.05, 3.63) is 39.8 Å². The molecule has 1 N–H and O–H groups in total. The summed E-state index contributed by atoms with van der Waals surface area (Å²) in [6, 6.07) is 5.71. The van der Waals surface area contributed by atoms with Crippen LogP contribution in [0.15, 0.2) is 23.6 Å². The number of nitrogens with zero attached hydrogens (tertiary/aromatic N) is 1. The molecule has 0 bridgehead atoms. The Hall–Kier alpha value is -1.59. The number of aryl methyl sites for hydroxylation is 1. The van der Waals surface area contributed by atoms with E-state index < -0.39 is 5.60 Å². The molecule has 2 rings (SSSR count). The number of ether oxygens (including phenoxy) is 2. The van der Waals surface area contributed by atoms with Crippen LogP contribution >= 0.6 is 11.3 Å². The van der Waals surface area contributed by atoms with Crippen LogP contribution in [0.5, 0.6) is 11.5 Å². The predicted molar refractivity (Wildman–Crippen MR) is 84.4 cm³/mol. The molecule has 0 aliphatic carbocycles. The third-order valence-corrected chi connectivity index (χ3v) is 4.08. The molecule has 0 fully saturated rings. The summed E-state index contributed by atoms with van der Waals surface area (Å²) in [6.07, 6.45) is 1.07. The van der Waals surface area contributed by atoms with Gasteiger partial charge in [0, 0.05) is 18.2 Å². The predicted octanol–water partition coefficient (Wildman–Crippen LogP) is 3.00. The summed E-state index contributed by atoms with van der Waals surface area (Å²) in [5.41, 5.74) is 1.09. The fourth-order valence-electron chi connectivity index (χ4n) is 2.37. The van der Waals surface area contributed by atoms with Gasteiger partial charge in [0.25, 0.3) is 0 Å². The highest BCUT2D eigenvalue weighted by atomic mass is 32.1. The minimum absolute atomic E-state index is 0.532. The van der Waals surface area contributed by atoms with Crippen LogP contribution in [-0.2, 0) is 12.8 Å². The number of aliphatic hydroxyl groups is 1. The number of methoxy groups -OCH3 is 2. The smallest absolute Gasteiger partial charge is 0.160 e. The molecule has 114 valence electrons. The van der Waals surface area contributed by atoms with Gasteiger partial charge in [-0.1, -0.05) is 6.07 Å². The summed E-state index contributed by atoms with van der Waals surface area (Å²) >= 11 is 1.60. The Kier molecular flexibility index (Phi) is 4.85. The van der Waals surface area contributed by atoms with Crippen molar-refractivity contribution in [1.82, 2.24) is 4.98 Å². The normalized spacial score (nSPS) is 13.8. The number of rotatable bonds is 6. The topological polar surface area (TPSA) is 51.6 Å². The molecule has 1 aromatic carbocycles. The Morgan fingerprint density at radius 2 is 1.90 bits per heavy atom. The second-order valence-corrected chi connectivity index (χ2v) is 6.46. The van der Waals surface area contributed by atoms with E-state index >= 15 is 0 Å². The van der Waals surface area contributed by atoms with E-state index in [2.05, 4.69) is 4.98 Å². The quantitative estimate of drug-likeness (QED) is 0.891. The summed E-state index contributed by atoms with van der Waals surface area (Å²) < 4.78 is 10.5. The van der Waals surface area contributed by atoms with Crippen LogP contribution in [0.3, 0.4) is 0 Å². The van der Waals surface area contributed by atoms with E-state index in [1.807, 2.05) is 37.4 Å². The lowest BCUT2D eigenvalue weighted by atomic mass is 9.92. The first-order valence-electron chi connectivity index (χ1n) is 6.78. The maximum Gasteiger partial charge on any atom is 0.160 e. The Balaban J connectivity index is 2.12. The molecule has 1 atom stereocenters. The lowest BCUT2D eigenvalue weighted by Gasteiger charge is -2.23. The molecule has 1 unspecified atom stereocenters. The van der Waals surface area contributed by atoms with E-state index in [0.29, 0.717) is 24.3 Å². The van der Waals surface area contributed by atoms with Gasteiger partial charge >= 0.3 is 0 Å². The highest BCUT2D eigenvalue weighted by Crippen LogP contribution is 2.29. The minimum Gasteiger partial charge on any atom is -0.493 e. The fourth-order valence-corrected chi connectivity index (χ4v) is 2.99. The first kappa shape index (κ1) is 15.8. The molecule has 1 heterocycles. The van der Waals surface area contributed by atoms with E-state index in [1.165, 1.54) is 0 Å². The molecule has 2 aromatic rings. The van der Waals surface area contributed by atoms with E-state index in [-0.39, 0.29) is 0 Å². The molecular weight excluding hydrogens is 286 g/mol. The molecule has 0 spiro atoms. The first-order chi connectivity index (χ1) is 9.93. The van der Waals surface area contributed by atoms with Crippen molar-refractivity contribution >= 4 is 11.3 Å². The average Bonchev–Trinajstić information content (AvgIpc) is 2.82. The maximum absolute atomic E-state index is 10.6. The van der Waals surface area contributed by atoms with Crippen molar-refractivity contribution < 1.29 is 14.6 Å². The van der Waals surface area contributed by atoms with Gasteiger partial charge in [-0.15, -0.1) is 11.3 Å². The summed E-state index contributed by atoms with van der Waals surface area (Å²) in [4.78, 5) is 4.41. The van der Waals surface area contributed by atoms with Gasteiger partial charge in [-0.2, -0.15) is 0 Å². The summed E-state index contributed by atoms with van der Waals surface area (Å²) in [7, 11) is 3.22. The number of hydrogen-bond acceptors (Lipinski definition) is 5. The Bertz CT molecular complexity index is 607. The highest BCUT2D eigenvalue weighted by Gasteiger charge is 2.23. The first-order valence-corrected chi connectivity index (χ1v) is 7.66. The van der Waals surface area contributed by atoms with Crippen LogP contribution in [0.1, 0.15) is 23.2 Å². The molecule has 21 heavy (non-hydrogen) atoms. The number of benzene rings is 1. The van der Waals surface area contributed by atoms with Gasteiger partial charge in [-0.3, -0.25) is 0 Å². The number of aromatic nitrogens is 1. The number of thiazole rings is 1. The van der Waals surface area contributed by atoms with Gasteiger partial charge in [0.15, 0.2) is 11.5 Å². The molecule has 1 aromatic heterocycles. The van der Waals surface area contributed by atoms with Gasteiger partial charge < -0.3 is 14.6 Å². The van der Waals surface area contributed by atoms with Crippen LogP contribution in [0.4, 0.5) is 0 Å². The van der Waals surface area contributed by atoms with Gasteiger partial charge in [0.05, 0.1) is 30.5 Å². The van der Waals surface area contributed by atoms with Gasteiger partial charge in [-0.25, -0.2) is 4.98 Å². The summed E-state index contributed by atoms with van der Waals surface area (Å²) in [6.45, 7) is 3.80. The maximum atomic E-state index is 10.6. The van der Waals surface area contributed by atoms with Crippen LogP contribution in [0.25, 0.3) is 0 Å². The molecule has 0 aliphatic rings. The lowest BCUT2D eigenvalue weighted by molar-refractivity contribution is 0.0599. The molecule has 4 nitrogen and oxygen atoms in total. The molecule has 0 aliphatic heterocycles. The van der Waals surface area contributed by atoms with E-state index in [1.54, 1.807) is 25.6 Å².